The number of hydrogen-bond donors (Lipinski definition) is 0. The van der Waals surface area contributed by atoms with Crippen molar-refractivity contribution < 1.29 is 42.3 Å². The third-order valence-electron chi connectivity index (χ3n) is 13.2. The fraction of sp³-hybridized carbons (Fsp3) is 0.578. The fourth-order valence-electron chi connectivity index (χ4n) is 9.97. The molecule has 0 amide bonds. The summed E-state index contributed by atoms with van der Waals surface area (Å²) in [6, 6.07) is 19.2. The van der Waals surface area contributed by atoms with Gasteiger partial charge in [0, 0.05) is 68.6 Å². The van der Waals surface area contributed by atoms with Gasteiger partial charge in [-0.2, -0.15) is 4.37 Å². The molecule has 1 spiro atoms. The van der Waals surface area contributed by atoms with Crippen LogP contribution in [0.5, 0.6) is 5.88 Å². The van der Waals surface area contributed by atoms with Crippen molar-refractivity contribution in [3.8, 4) is 5.88 Å². The van der Waals surface area contributed by atoms with E-state index in [4.69, 9.17) is 18.9 Å². The number of likely N-dealkylation sites (N-methyl/N-ethyl adjacent to an activating group) is 1. The Kier molecular flexibility index (Phi) is 13.1. The molecule has 3 saturated heterocycles. The Balaban J connectivity index is 1.00. The van der Waals surface area contributed by atoms with Crippen molar-refractivity contribution in [1.29, 1.82) is 0 Å². The molecule has 0 N–H and O–H groups in total. The third kappa shape index (κ3) is 8.83. The molecule has 3 fully saturated rings. The monoisotopic (exact) mass is 800 g/mol. The molecule has 5 heterocycles. The summed E-state index contributed by atoms with van der Waals surface area (Å²) < 4.78 is 35.4. The second kappa shape index (κ2) is 18.2. The molecule has 1 aromatic heterocycles. The van der Waals surface area contributed by atoms with Crippen LogP contribution in [-0.4, -0.2) is 99.9 Å². The van der Waals surface area contributed by atoms with Gasteiger partial charge in [-0.25, -0.2) is 4.79 Å². The lowest BCUT2D eigenvalue weighted by atomic mass is 9.85. The predicted molar refractivity (Wildman–Crippen MR) is 218 cm³/mol. The summed E-state index contributed by atoms with van der Waals surface area (Å²) in [6.07, 6.45) is 12.7. The second-order valence-corrected chi connectivity index (χ2v) is 17.4. The Morgan fingerprint density at radius 1 is 0.860 bits per heavy atom. The SMILES string of the molecule is CCCCCCOc1nsnc1C1=CCC[N+](C)(C(C)OC(=O)CCC(=O)OC(C(=O)OC2CC3CCC(C2)[N+]32CCCC2)(c2ccccc2)c2ccccc2)C1. The zero-order valence-corrected chi connectivity index (χ0v) is 34.8. The second-order valence-electron chi connectivity index (χ2n) is 16.8. The van der Waals surface area contributed by atoms with Gasteiger partial charge in [-0.1, -0.05) is 92.9 Å². The first-order valence-corrected chi connectivity index (χ1v) is 22.0. The number of piperidine rings is 1. The number of esters is 3. The molecule has 4 aliphatic heterocycles. The fourth-order valence-corrected chi connectivity index (χ4v) is 10.5. The highest BCUT2D eigenvalue weighted by Crippen LogP contribution is 2.47. The largest absolute Gasteiger partial charge is 0.475 e. The molecule has 4 atom stereocenters. The molecule has 0 saturated carbocycles. The van der Waals surface area contributed by atoms with Gasteiger partial charge < -0.3 is 23.4 Å². The molecule has 0 aliphatic carbocycles. The van der Waals surface area contributed by atoms with Crippen LogP contribution in [0, 0.1) is 0 Å². The Morgan fingerprint density at radius 3 is 2.16 bits per heavy atom. The van der Waals surface area contributed by atoms with Gasteiger partial charge in [0.15, 0.2) is 0 Å². The maximum Gasteiger partial charge on any atom is 0.360 e. The maximum atomic E-state index is 14.7. The first kappa shape index (κ1) is 41.0. The molecular formula is C45H60N4O7S+2. The van der Waals surface area contributed by atoms with Crippen molar-refractivity contribution in [3.63, 3.8) is 0 Å². The summed E-state index contributed by atoms with van der Waals surface area (Å²) in [7, 11) is 2.06. The molecule has 306 valence electrons. The van der Waals surface area contributed by atoms with Gasteiger partial charge in [0.1, 0.15) is 18.3 Å². The zero-order valence-electron chi connectivity index (χ0n) is 33.9. The average Bonchev–Trinajstić information content (AvgIpc) is 3.94. The average molecular weight is 801 g/mol. The molecule has 0 radical (unpaired) electrons. The van der Waals surface area contributed by atoms with E-state index in [1.165, 1.54) is 56.1 Å². The van der Waals surface area contributed by atoms with Crippen LogP contribution in [0.25, 0.3) is 5.57 Å². The molecule has 7 rings (SSSR count). The molecule has 57 heavy (non-hydrogen) atoms. The van der Waals surface area contributed by atoms with Crippen LogP contribution >= 0.6 is 11.7 Å². The van der Waals surface area contributed by atoms with E-state index in [-0.39, 0.29) is 18.9 Å². The van der Waals surface area contributed by atoms with Crippen molar-refractivity contribution in [3.05, 3.63) is 83.6 Å². The molecule has 3 aromatic rings. The standard InChI is InChI=1S/C45H60N4O7S/c1-4-5-6-15-29-53-43-42(46-57-47-43)34-17-16-26-48(3,32-34)33(2)54-40(50)24-25-41(51)56-45(35-18-9-7-10-19-35,36-20-11-8-12-21-36)44(52)55-39-30-37-22-23-38(31-39)49(37)27-13-14-28-49/h7-12,17-21,33,37-39H,4-6,13-16,22-32H2,1-3H3/q+2. The van der Waals surface area contributed by atoms with Gasteiger partial charge in [-0.15, -0.1) is 4.37 Å². The van der Waals surface area contributed by atoms with E-state index in [9.17, 15) is 14.4 Å². The number of carbonyl (C=O) groups excluding carboxylic acids is 3. The lowest BCUT2D eigenvalue weighted by Crippen LogP contribution is -2.60. The van der Waals surface area contributed by atoms with Crippen molar-refractivity contribution in [2.45, 2.75) is 127 Å². The Labute approximate surface area is 341 Å². The molecule has 4 unspecified atom stereocenters. The third-order valence-corrected chi connectivity index (χ3v) is 13.7. The Bertz CT molecular complexity index is 1810. The lowest BCUT2D eigenvalue weighted by Gasteiger charge is -2.47. The van der Waals surface area contributed by atoms with E-state index in [1.54, 1.807) is 24.3 Å². The van der Waals surface area contributed by atoms with E-state index in [1.807, 2.05) is 43.3 Å². The summed E-state index contributed by atoms with van der Waals surface area (Å²) in [5.74, 6) is -1.23. The van der Waals surface area contributed by atoms with E-state index in [0.29, 0.717) is 46.7 Å². The first-order valence-electron chi connectivity index (χ1n) is 21.3. The topological polar surface area (TPSA) is 114 Å². The van der Waals surface area contributed by atoms with Crippen LogP contribution < -0.4 is 4.74 Å². The number of quaternary nitrogens is 2. The number of nitrogens with zero attached hydrogens (tertiary/aromatic N) is 4. The van der Waals surface area contributed by atoms with E-state index in [0.717, 1.165) is 61.6 Å². The zero-order chi connectivity index (χ0) is 39.9. The van der Waals surface area contributed by atoms with Crippen LogP contribution in [0.15, 0.2) is 66.7 Å². The van der Waals surface area contributed by atoms with Crippen LogP contribution in [0.3, 0.4) is 0 Å². The van der Waals surface area contributed by atoms with Gasteiger partial charge in [-0.3, -0.25) is 14.1 Å². The van der Waals surface area contributed by atoms with Gasteiger partial charge in [-0.05, 0) is 6.42 Å². The van der Waals surface area contributed by atoms with Gasteiger partial charge in [0.25, 0.3) is 11.5 Å². The summed E-state index contributed by atoms with van der Waals surface area (Å²) in [4.78, 5) is 42.0. The lowest BCUT2D eigenvalue weighted by molar-refractivity contribution is -0.956. The maximum absolute atomic E-state index is 14.7. The number of benzene rings is 2. The quantitative estimate of drug-likeness (QED) is 0.0586. The van der Waals surface area contributed by atoms with E-state index < -0.39 is 29.7 Å². The summed E-state index contributed by atoms with van der Waals surface area (Å²) in [5, 5.41) is 0. The highest BCUT2D eigenvalue weighted by atomic mass is 32.1. The summed E-state index contributed by atoms with van der Waals surface area (Å²) in [5.41, 5.74) is 0.937. The smallest absolute Gasteiger partial charge is 0.360 e. The van der Waals surface area contributed by atoms with Crippen LogP contribution in [-0.2, 0) is 34.2 Å². The van der Waals surface area contributed by atoms with Crippen molar-refractivity contribution >= 4 is 35.2 Å². The molecule has 4 aliphatic rings. The van der Waals surface area contributed by atoms with Crippen molar-refractivity contribution in [1.82, 2.24) is 8.75 Å². The molecular weight excluding hydrogens is 741 g/mol. The highest BCUT2D eigenvalue weighted by molar-refractivity contribution is 6.99. The summed E-state index contributed by atoms with van der Waals surface area (Å²) >= 11 is 1.14. The van der Waals surface area contributed by atoms with E-state index in [2.05, 4.69) is 28.8 Å². The first-order chi connectivity index (χ1) is 27.7. The molecule has 12 heteroatoms. The molecule has 2 aromatic carbocycles. The number of carbonyl (C=O) groups is 3. The highest BCUT2D eigenvalue weighted by Gasteiger charge is 2.57. The van der Waals surface area contributed by atoms with Crippen LogP contribution in [0.1, 0.15) is 114 Å². The normalized spacial score (nSPS) is 24.4. The number of hydrogen-bond acceptors (Lipinski definition) is 10. The molecule has 11 nitrogen and oxygen atoms in total. The van der Waals surface area contributed by atoms with Crippen LogP contribution in [0.2, 0.25) is 0 Å². The number of unbranched alkanes of at least 4 members (excludes halogenated alkanes) is 3. The minimum Gasteiger partial charge on any atom is -0.475 e. The Morgan fingerprint density at radius 2 is 1.51 bits per heavy atom. The van der Waals surface area contributed by atoms with Gasteiger partial charge in [0.05, 0.1) is 69.9 Å². The van der Waals surface area contributed by atoms with Gasteiger partial charge in [0.2, 0.25) is 6.23 Å². The Hall–Kier alpha value is -4.13. The number of aromatic nitrogens is 2. The van der Waals surface area contributed by atoms with Crippen LogP contribution in [0.4, 0.5) is 0 Å². The van der Waals surface area contributed by atoms with Crippen molar-refractivity contribution in [2.75, 3.05) is 39.8 Å². The van der Waals surface area contributed by atoms with E-state index >= 15 is 0 Å². The predicted octanol–water partition coefficient (Wildman–Crippen LogP) is 7.73. The number of rotatable bonds is 17. The summed E-state index contributed by atoms with van der Waals surface area (Å²) in [6.45, 7) is 8.49. The minimum atomic E-state index is -1.84. The number of ether oxygens (including phenoxy) is 4. The minimum absolute atomic E-state index is 0.196. The van der Waals surface area contributed by atoms with Crippen molar-refractivity contribution in [2.24, 2.45) is 0 Å². The molecule has 2 bridgehead atoms. The van der Waals surface area contributed by atoms with Gasteiger partial charge >= 0.3 is 17.9 Å².